The van der Waals surface area contributed by atoms with Crippen molar-refractivity contribution in [1.82, 2.24) is 0 Å². The van der Waals surface area contributed by atoms with E-state index in [2.05, 4.69) is 0 Å². The van der Waals surface area contributed by atoms with Crippen LogP contribution in [0.2, 0.25) is 0 Å². The van der Waals surface area contributed by atoms with E-state index in [0.29, 0.717) is 26.1 Å². The third kappa shape index (κ3) is 3.87. The number of aryl methyl sites for hydroxylation is 1. The summed E-state index contributed by atoms with van der Waals surface area (Å²) in [6.07, 6.45) is 0.954. The summed E-state index contributed by atoms with van der Waals surface area (Å²) in [6, 6.07) is 5.72. The Bertz CT molecular complexity index is 481. The lowest BCUT2D eigenvalue weighted by atomic mass is 10.1. The molecule has 1 aliphatic rings. The Morgan fingerprint density at radius 3 is 2.70 bits per heavy atom. The van der Waals surface area contributed by atoms with E-state index in [9.17, 15) is 4.79 Å². The molecule has 0 amide bonds. The van der Waals surface area contributed by atoms with Crippen molar-refractivity contribution in [2.75, 3.05) is 20.3 Å². The van der Waals surface area contributed by atoms with Gasteiger partial charge in [-0.2, -0.15) is 0 Å². The van der Waals surface area contributed by atoms with Gasteiger partial charge in [0.25, 0.3) is 0 Å². The van der Waals surface area contributed by atoms with E-state index in [1.165, 1.54) is 0 Å². The molecule has 110 valence electrons. The molecule has 1 aromatic rings. The van der Waals surface area contributed by atoms with Crippen molar-refractivity contribution in [3.05, 3.63) is 23.8 Å². The fourth-order valence-corrected chi connectivity index (χ4v) is 1.98. The number of hydrogen-bond acceptors (Lipinski definition) is 5. The van der Waals surface area contributed by atoms with E-state index >= 15 is 0 Å². The smallest absolute Gasteiger partial charge is 0.306 e. The molecule has 5 heteroatoms. The van der Waals surface area contributed by atoms with Crippen LogP contribution in [0.3, 0.4) is 0 Å². The maximum Gasteiger partial charge on any atom is 0.306 e. The molecule has 0 saturated heterocycles. The minimum absolute atomic E-state index is 0.222. The van der Waals surface area contributed by atoms with Crippen molar-refractivity contribution < 1.29 is 23.7 Å². The largest absolute Gasteiger partial charge is 0.463 e. The highest BCUT2D eigenvalue weighted by Crippen LogP contribution is 2.39. The van der Waals surface area contributed by atoms with E-state index in [1.807, 2.05) is 32.0 Å². The molecule has 1 heterocycles. The highest BCUT2D eigenvalue weighted by molar-refractivity contribution is 5.69. The van der Waals surface area contributed by atoms with Crippen molar-refractivity contribution >= 4 is 5.97 Å². The monoisotopic (exact) mass is 280 g/mol. The van der Waals surface area contributed by atoms with E-state index in [-0.39, 0.29) is 5.97 Å². The molecule has 1 aromatic carbocycles. The first kappa shape index (κ1) is 14.7. The summed E-state index contributed by atoms with van der Waals surface area (Å²) >= 11 is 0. The van der Waals surface area contributed by atoms with Crippen LogP contribution in [0, 0.1) is 0 Å². The molecule has 0 unspecified atom stereocenters. The third-order valence-electron chi connectivity index (χ3n) is 2.89. The number of hydrogen-bond donors (Lipinski definition) is 0. The number of carbonyl (C=O) groups is 1. The fourth-order valence-electron chi connectivity index (χ4n) is 1.98. The van der Waals surface area contributed by atoms with Gasteiger partial charge in [-0.05, 0) is 24.1 Å². The predicted octanol–water partition coefficient (Wildman–Crippen LogP) is 2.32. The van der Waals surface area contributed by atoms with Crippen LogP contribution in [-0.2, 0) is 20.7 Å². The summed E-state index contributed by atoms with van der Waals surface area (Å²) < 4.78 is 21.1. The molecule has 1 aliphatic heterocycles. The third-order valence-corrected chi connectivity index (χ3v) is 2.89. The van der Waals surface area contributed by atoms with Crippen LogP contribution in [-0.4, -0.2) is 32.1 Å². The van der Waals surface area contributed by atoms with E-state index in [4.69, 9.17) is 18.9 Å². The number of benzene rings is 1. The standard InChI is InChI=1S/C15H20O5/c1-15(2)19-12-6-4-11(10-13(12)20-15)5-7-14(16)18-9-8-17-3/h4,6,10H,5,7-9H2,1-3H3. The predicted molar refractivity (Wildman–Crippen MR) is 72.9 cm³/mol. The lowest BCUT2D eigenvalue weighted by Crippen LogP contribution is -2.29. The van der Waals surface area contributed by atoms with Gasteiger partial charge in [0, 0.05) is 27.4 Å². The second-order valence-electron chi connectivity index (χ2n) is 5.10. The maximum atomic E-state index is 11.5. The molecule has 0 atom stereocenters. The van der Waals surface area contributed by atoms with Crippen LogP contribution in [0.4, 0.5) is 0 Å². The lowest BCUT2D eigenvalue weighted by Gasteiger charge is -2.16. The highest BCUT2D eigenvalue weighted by Gasteiger charge is 2.31. The zero-order valence-electron chi connectivity index (χ0n) is 12.1. The molecule has 5 nitrogen and oxygen atoms in total. The van der Waals surface area contributed by atoms with Gasteiger partial charge in [-0.1, -0.05) is 6.07 Å². The fraction of sp³-hybridized carbons (Fsp3) is 0.533. The first-order valence-electron chi connectivity index (χ1n) is 6.66. The second-order valence-corrected chi connectivity index (χ2v) is 5.10. The second kappa shape index (κ2) is 6.13. The van der Waals surface area contributed by atoms with Gasteiger partial charge < -0.3 is 18.9 Å². The minimum Gasteiger partial charge on any atom is -0.463 e. The van der Waals surface area contributed by atoms with Crippen LogP contribution in [0.15, 0.2) is 18.2 Å². The summed E-state index contributed by atoms with van der Waals surface area (Å²) in [4.78, 5) is 11.5. The highest BCUT2D eigenvalue weighted by atomic mass is 16.7. The normalized spacial score (nSPS) is 15.2. The zero-order valence-corrected chi connectivity index (χ0v) is 12.1. The van der Waals surface area contributed by atoms with Crippen LogP contribution >= 0.6 is 0 Å². The number of fused-ring (bicyclic) bond motifs is 1. The Kier molecular flexibility index (Phi) is 4.49. The van der Waals surface area contributed by atoms with E-state index in [1.54, 1.807) is 7.11 Å². The molecule has 0 bridgehead atoms. The van der Waals surface area contributed by atoms with Gasteiger partial charge >= 0.3 is 5.97 Å². The zero-order chi connectivity index (χ0) is 14.6. The quantitative estimate of drug-likeness (QED) is 0.591. The topological polar surface area (TPSA) is 54.0 Å². The first-order valence-corrected chi connectivity index (χ1v) is 6.66. The maximum absolute atomic E-state index is 11.5. The van der Waals surface area contributed by atoms with Crippen LogP contribution in [0.1, 0.15) is 25.8 Å². The molecule has 0 fully saturated rings. The number of ether oxygens (including phenoxy) is 4. The van der Waals surface area contributed by atoms with Crippen molar-refractivity contribution in [3.8, 4) is 11.5 Å². The summed E-state index contributed by atoms with van der Waals surface area (Å²) in [5.74, 6) is 0.613. The van der Waals surface area contributed by atoms with Gasteiger partial charge in [-0.3, -0.25) is 4.79 Å². The molecule has 0 saturated carbocycles. The van der Waals surface area contributed by atoms with Crippen molar-refractivity contribution in [2.45, 2.75) is 32.5 Å². The number of esters is 1. The van der Waals surface area contributed by atoms with Gasteiger partial charge in [0.15, 0.2) is 11.5 Å². The Hall–Kier alpha value is -1.75. The van der Waals surface area contributed by atoms with Gasteiger partial charge in [0.2, 0.25) is 5.79 Å². The number of rotatable bonds is 6. The molecular formula is C15H20O5. The molecule has 0 radical (unpaired) electrons. The van der Waals surface area contributed by atoms with Crippen LogP contribution in [0.25, 0.3) is 0 Å². The van der Waals surface area contributed by atoms with Crippen LogP contribution in [0.5, 0.6) is 11.5 Å². The van der Waals surface area contributed by atoms with Gasteiger partial charge in [-0.15, -0.1) is 0 Å². The van der Waals surface area contributed by atoms with E-state index < -0.39 is 5.79 Å². The summed E-state index contributed by atoms with van der Waals surface area (Å²) in [7, 11) is 1.57. The minimum atomic E-state index is -0.625. The molecule has 20 heavy (non-hydrogen) atoms. The Morgan fingerprint density at radius 2 is 1.95 bits per heavy atom. The Labute approximate surface area is 118 Å². The molecule has 0 N–H and O–H groups in total. The number of carbonyl (C=O) groups excluding carboxylic acids is 1. The average molecular weight is 280 g/mol. The lowest BCUT2D eigenvalue weighted by molar-refractivity contribution is -0.144. The van der Waals surface area contributed by atoms with Crippen molar-refractivity contribution in [1.29, 1.82) is 0 Å². The van der Waals surface area contributed by atoms with Gasteiger partial charge in [0.05, 0.1) is 6.61 Å². The summed E-state index contributed by atoms with van der Waals surface area (Å²) in [5.41, 5.74) is 1.02. The molecular weight excluding hydrogens is 260 g/mol. The first-order chi connectivity index (χ1) is 9.50. The Balaban J connectivity index is 1.85. The summed E-state index contributed by atoms with van der Waals surface area (Å²) in [5, 5.41) is 0. The van der Waals surface area contributed by atoms with Crippen LogP contribution < -0.4 is 9.47 Å². The SMILES string of the molecule is COCCOC(=O)CCc1ccc2c(c1)OC(C)(C)O2. The summed E-state index contributed by atoms with van der Waals surface area (Å²) in [6.45, 7) is 4.44. The van der Waals surface area contributed by atoms with Crippen molar-refractivity contribution in [2.24, 2.45) is 0 Å². The Morgan fingerprint density at radius 1 is 1.20 bits per heavy atom. The molecule has 0 spiro atoms. The average Bonchev–Trinajstić information content (AvgIpc) is 2.69. The van der Waals surface area contributed by atoms with Gasteiger partial charge in [0.1, 0.15) is 6.61 Å². The number of methoxy groups -OCH3 is 1. The van der Waals surface area contributed by atoms with Gasteiger partial charge in [-0.25, -0.2) is 0 Å². The van der Waals surface area contributed by atoms with E-state index in [0.717, 1.165) is 17.1 Å². The molecule has 0 aliphatic carbocycles. The molecule has 0 aromatic heterocycles. The molecule has 2 rings (SSSR count). The van der Waals surface area contributed by atoms with Crippen molar-refractivity contribution in [3.63, 3.8) is 0 Å².